The molecule has 2 N–H and O–H groups in total. The first-order valence-electron chi connectivity index (χ1n) is 7.79. The molecule has 1 heterocycles. The lowest BCUT2D eigenvalue weighted by Crippen LogP contribution is -1.93. The van der Waals surface area contributed by atoms with Gasteiger partial charge in [0.15, 0.2) is 11.6 Å². The Hall–Kier alpha value is -3.26. The van der Waals surface area contributed by atoms with Crippen molar-refractivity contribution < 1.29 is 4.92 Å². The molecule has 0 saturated heterocycles. The number of nitrogens with one attached hydrogen (secondary N) is 2. The van der Waals surface area contributed by atoms with Crippen LogP contribution < -0.4 is 5.32 Å². The summed E-state index contributed by atoms with van der Waals surface area (Å²) in [5, 5.41) is 30.1. The molecule has 0 aliphatic rings. The Morgan fingerprint density at radius 1 is 1.33 bits per heavy atom. The van der Waals surface area contributed by atoms with Crippen molar-refractivity contribution in [1.29, 1.82) is 5.26 Å². The summed E-state index contributed by atoms with van der Waals surface area (Å²) in [5.41, 5.74) is 2.95. The summed E-state index contributed by atoms with van der Waals surface area (Å²) in [6.07, 6.45) is 1.51. The smallest absolute Gasteiger partial charge is 0.269 e. The average molecular weight is 472 g/mol. The normalized spacial score (nSPS) is 10.7. The van der Waals surface area contributed by atoms with Crippen LogP contribution in [0.4, 0.5) is 23.0 Å². The van der Waals surface area contributed by atoms with Crippen LogP contribution in [-0.2, 0) is 4.43 Å². The standard InChI is InChI=1S/C18H13IN6O2/c19-9-13-2-1-3-14(8-13)22-18-16(10-20)17(23-24-18)21-11-12-4-6-15(7-5-12)25(26)27/h1-8,11H,9H2,(H2,22,23,24)/b21-11+. The number of hydrogen-bond donors (Lipinski definition) is 2. The Bertz CT molecular complexity index is 1040. The van der Waals surface area contributed by atoms with Crippen LogP contribution in [0.15, 0.2) is 53.5 Å². The van der Waals surface area contributed by atoms with Gasteiger partial charge in [-0.3, -0.25) is 15.2 Å². The number of non-ortho nitro benzene ring substituents is 1. The molecule has 0 fully saturated rings. The maximum absolute atomic E-state index is 10.7. The van der Waals surface area contributed by atoms with E-state index in [9.17, 15) is 15.4 Å². The third kappa shape index (κ3) is 4.48. The van der Waals surface area contributed by atoms with E-state index in [0.29, 0.717) is 17.2 Å². The van der Waals surface area contributed by atoms with Crippen molar-refractivity contribution in [3.63, 3.8) is 0 Å². The summed E-state index contributed by atoms with van der Waals surface area (Å²) in [6, 6.07) is 15.9. The fourth-order valence-corrected chi connectivity index (χ4v) is 2.79. The maximum atomic E-state index is 10.7. The predicted octanol–water partition coefficient (Wildman–Crippen LogP) is 4.62. The van der Waals surface area contributed by atoms with Crippen LogP contribution in [-0.4, -0.2) is 21.3 Å². The zero-order valence-electron chi connectivity index (χ0n) is 13.9. The summed E-state index contributed by atoms with van der Waals surface area (Å²) in [7, 11) is 0. The van der Waals surface area contributed by atoms with E-state index in [1.54, 1.807) is 12.1 Å². The molecule has 3 aromatic rings. The highest BCUT2D eigenvalue weighted by Gasteiger charge is 2.12. The van der Waals surface area contributed by atoms with Crippen LogP contribution in [0.2, 0.25) is 0 Å². The maximum Gasteiger partial charge on any atom is 0.269 e. The monoisotopic (exact) mass is 472 g/mol. The number of aliphatic imine (C=N–C) groups is 1. The highest BCUT2D eigenvalue weighted by Crippen LogP contribution is 2.26. The molecule has 0 radical (unpaired) electrons. The van der Waals surface area contributed by atoms with Crippen molar-refractivity contribution in [1.82, 2.24) is 10.2 Å². The van der Waals surface area contributed by atoms with Crippen molar-refractivity contribution in [2.75, 3.05) is 5.32 Å². The Kier molecular flexibility index (Phi) is 5.77. The molecule has 0 spiro atoms. The number of nitriles is 1. The molecule has 0 unspecified atom stereocenters. The minimum absolute atomic E-state index is 0.00613. The lowest BCUT2D eigenvalue weighted by atomic mass is 10.2. The van der Waals surface area contributed by atoms with E-state index >= 15 is 0 Å². The van der Waals surface area contributed by atoms with E-state index in [1.807, 2.05) is 24.3 Å². The second-order valence-electron chi connectivity index (χ2n) is 5.47. The third-order valence-electron chi connectivity index (χ3n) is 3.65. The van der Waals surface area contributed by atoms with E-state index in [4.69, 9.17) is 0 Å². The van der Waals surface area contributed by atoms with Gasteiger partial charge in [0.2, 0.25) is 0 Å². The molecule has 0 amide bonds. The number of anilines is 2. The van der Waals surface area contributed by atoms with Gasteiger partial charge >= 0.3 is 0 Å². The van der Waals surface area contributed by atoms with Gasteiger partial charge in [-0.15, -0.1) is 0 Å². The molecule has 0 bridgehead atoms. The Labute approximate surface area is 168 Å². The van der Waals surface area contributed by atoms with Gasteiger partial charge in [0, 0.05) is 28.5 Å². The Morgan fingerprint density at radius 2 is 2.11 bits per heavy atom. The van der Waals surface area contributed by atoms with E-state index in [0.717, 1.165) is 15.7 Å². The molecular formula is C18H13IN6O2. The Balaban J connectivity index is 1.81. The first-order valence-corrected chi connectivity index (χ1v) is 9.32. The van der Waals surface area contributed by atoms with Gasteiger partial charge in [0.1, 0.15) is 11.6 Å². The highest BCUT2D eigenvalue weighted by atomic mass is 127. The first-order chi connectivity index (χ1) is 13.1. The van der Waals surface area contributed by atoms with Gasteiger partial charge in [0.05, 0.1) is 4.92 Å². The molecule has 27 heavy (non-hydrogen) atoms. The number of halogens is 1. The summed E-state index contributed by atoms with van der Waals surface area (Å²) >= 11 is 2.28. The minimum atomic E-state index is -0.464. The number of nitro groups is 1. The number of alkyl halides is 1. The average Bonchev–Trinajstić information content (AvgIpc) is 3.08. The molecule has 134 valence electrons. The van der Waals surface area contributed by atoms with E-state index in [-0.39, 0.29) is 11.3 Å². The quantitative estimate of drug-likeness (QED) is 0.178. The van der Waals surface area contributed by atoms with Gasteiger partial charge < -0.3 is 5.32 Å². The topological polar surface area (TPSA) is 120 Å². The van der Waals surface area contributed by atoms with Crippen LogP contribution in [0.1, 0.15) is 16.7 Å². The number of nitro benzene ring substituents is 1. The SMILES string of the molecule is N#Cc1c(Nc2cccc(CI)c2)n[nH]c1/N=C/c1ccc([N+](=O)[O-])cc1. The lowest BCUT2D eigenvalue weighted by Gasteiger charge is -2.04. The van der Waals surface area contributed by atoms with E-state index < -0.39 is 4.92 Å². The molecule has 0 aliphatic heterocycles. The van der Waals surface area contributed by atoms with Gasteiger partial charge in [-0.1, -0.05) is 34.7 Å². The van der Waals surface area contributed by atoms with Crippen molar-refractivity contribution in [2.24, 2.45) is 4.99 Å². The van der Waals surface area contributed by atoms with Crippen molar-refractivity contribution >= 4 is 51.8 Å². The second-order valence-corrected chi connectivity index (χ2v) is 6.24. The van der Waals surface area contributed by atoms with Crippen molar-refractivity contribution in [3.8, 4) is 6.07 Å². The number of H-pyrrole nitrogens is 1. The highest BCUT2D eigenvalue weighted by molar-refractivity contribution is 14.1. The number of hydrogen-bond acceptors (Lipinski definition) is 6. The van der Waals surface area contributed by atoms with Gasteiger partial charge in [-0.25, -0.2) is 4.99 Å². The molecule has 1 aromatic heterocycles. The molecule has 3 rings (SSSR count). The van der Waals surface area contributed by atoms with E-state index in [2.05, 4.69) is 49.2 Å². The predicted molar refractivity (Wildman–Crippen MR) is 111 cm³/mol. The van der Waals surface area contributed by atoms with Crippen LogP contribution in [0.5, 0.6) is 0 Å². The molecule has 2 aromatic carbocycles. The van der Waals surface area contributed by atoms with Gasteiger partial charge in [-0.05, 0) is 35.4 Å². The first kappa shape index (κ1) is 18.5. The molecule has 0 aliphatic carbocycles. The summed E-state index contributed by atoms with van der Waals surface area (Å²) in [5.74, 6) is 0.697. The fourth-order valence-electron chi connectivity index (χ4n) is 2.31. The van der Waals surface area contributed by atoms with E-state index in [1.165, 1.54) is 18.3 Å². The van der Waals surface area contributed by atoms with Crippen LogP contribution in [0.3, 0.4) is 0 Å². The number of rotatable bonds is 6. The zero-order chi connectivity index (χ0) is 19.2. The minimum Gasteiger partial charge on any atom is -0.338 e. The summed E-state index contributed by atoms with van der Waals surface area (Å²) in [6.45, 7) is 0. The third-order valence-corrected chi connectivity index (χ3v) is 4.53. The summed E-state index contributed by atoms with van der Waals surface area (Å²) in [4.78, 5) is 14.5. The van der Waals surface area contributed by atoms with Crippen LogP contribution in [0.25, 0.3) is 0 Å². The molecule has 8 nitrogen and oxygen atoms in total. The van der Waals surface area contributed by atoms with Crippen LogP contribution >= 0.6 is 22.6 Å². The number of aromatic amines is 1. The number of benzene rings is 2. The van der Waals surface area contributed by atoms with Crippen molar-refractivity contribution in [3.05, 3.63) is 75.3 Å². The lowest BCUT2D eigenvalue weighted by molar-refractivity contribution is -0.384. The second kappa shape index (κ2) is 8.41. The Morgan fingerprint density at radius 3 is 2.78 bits per heavy atom. The van der Waals surface area contributed by atoms with Crippen molar-refractivity contribution in [2.45, 2.75) is 4.43 Å². The fraction of sp³-hybridized carbons (Fsp3) is 0.0556. The summed E-state index contributed by atoms with van der Waals surface area (Å²) < 4.78 is 0.879. The number of aromatic nitrogens is 2. The zero-order valence-corrected chi connectivity index (χ0v) is 16.0. The van der Waals surface area contributed by atoms with Crippen LogP contribution in [0, 0.1) is 21.4 Å². The molecular weight excluding hydrogens is 459 g/mol. The molecule has 0 atom stereocenters. The molecule has 9 heteroatoms. The number of nitrogens with zero attached hydrogens (tertiary/aromatic N) is 4. The molecule has 0 saturated carbocycles. The van der Waals surface area contributed by atoms with Gasteiger partial charge in [-0.2, -0.15) is 10.4 Å². The van der Waals surface area contributed by atoms with Gasteiger partial charge in [0.25, 0.3) is 5.69 Å². The largest absolute Gasteiger partial charge is 0.338 e.